The van der Waals surface area contributed by atoms with Gasteiger partial charge in [-0.2, -0.15) is 0 Å². The van der Waals surface area contributed by atoms with Crippen molar-refractivity contribution in [2.24, 2.45) is 0 Å². The summed E-state index contributed by atoms with van der Waals surface area (Å²) in [5.74, 6) is 0. The molecule has 0 fully saturated rings. The first-order valence-electron chi connectivity index (χ1n) is 4.24. The van der Waals surface area contributed by atoms with Crippen molar-refractivity contribution in [3.8, 4) is 0 Å². The number of hydrogen-bond donors (Lipinski definition) is 1. The van der Waals surface area contributed by atoms with E-state index in [-0.39, 0.29) is 0 Å². The highest BCUT2D eigenvalue weighted by Gasteiger charge is 2.06. The zero-order valence-electron chi connectivity index (χ0n) is 7.79. The van der Waals surface area contributed by atoms with E-state index in [2.05, 4.69) is 23.0 Å². The third-order valence-corrected chi connectivity index (χ3v) is 2.22. The normalized spacial score (nSPS) is 10.9. The van der Waals surface area contributed by atoms with Gasteiger partial charge in [0.15, 0.2) is 0 Å². The number of aromatic nitrogens is 2. The number of fused-ring (bicyclic) bond motifs is 1. The zero-order valence-corrected chi connectivity index (χ0v) is 7.79. The van der Waals surface area contributed by atoms with Crippen molar-refractivity contribution >= 4 is 11.0 Å². The monoisotopic (exact) mass is 176 g/mol. The van der Waals surface area contributed by atoms with Crippen LogP contribution in [0.15, 0.2) is 18.3 Å². The van der Waals surface area contributed by atoms with Gasteiger partial charge in [-0.3, -0.25) is 0 Å². The molecule has 0 aliphatic rings. The molecule has 0 saturated carbocycles. The number of methoxy groups -OCH3 is 1. The SMILES string of the molecule is COCc1[nH]c2ncccc2c1C. The number of nitrogens with zero attached hydrogens (tertiary/aromatic N) is 1. The van der Waals surface area contributed by atoms with Crippen molar-refractivity contribution in [2.45, 2.75) is 13.5 Å². The number of hydrogen-bond acceptors (Lipinski definition) is 2. The predicted octanol–water partition coefficient (Wildman–Crippen LogP) is 2.02. The van der Waals surface area contributed by atoms with Crippen LogP contribution < -0.4 is 0 Å². The van der Waals surface area contributed by atoms with Gasteiger partial charge in [-0.1, -0.05) is 0 Å². The number of pyridine rings is 1. The van der Waals surface area contributed by atoms with E-state index in [9.17, 15) is 0 Å². The molecule has 0 unspecified atom stereocenters. The van der Waals surface area contributed by atoms with Crippen LogP contribution in [0.4, 0.5) is 0 Å². The molecule has 0 spiro atoms. The van der Waals surface area contributed by atoms with Crippen LogP contribution in [-0.4, -0.2) is 17.1 Å². The second kappa shape index (κ2) is 3.18. The van der Waals surface area contributed by atoms with E-state index in [1.807, 2.05) is 6.07 Å². The lowest BCUT2D eigenvalue weighted by Crippen LogP contribution is -1.89. The average Bonchev–Trinajstić information content (AvgIpc) is 2.46. The van der Waals surface area contributed by atoms with E-state index in [4.69, 9.17) is 4.74 Å². The van der Waals surface area contributed by atoms with Crippen molar-refractivity contribution in [1.82, 2.24) is 9.97 Å². The Bertz CT molecular complexity index is 420. The van der Waals surface area contributed by atoms with Crippen LogP contribution in [0.1, 0.15) is 11.3 Å². The first kappa shape index (κ1) is 8.26. The van der Waals surface area contributed by atoms with Gasteiger partial charge >= 0.3 is 0 Å². The smallest absolute Gasteiger partial charge is 0.137 e. The highest BCUT2D eigenvalue weighted by Crippen LogP contribution is 2.19. The van der Waals surface area contributed by atoms with E-state index >= 15 is 0 Å². The van der Waals surface area contributed by atoms with Gasteiger partial charge in [0.1, 0.15) is 5.65 Å². The van der Waals surface area contributed by atoms with Gasteiger partial charge in [0, 0.05) is 24.4 Å². The summed E-state index contributed by atoms with van der Waals surface area (Å²) in [5, 5.41) is 1.18. The molecule has 2 aromatic rings. The fourth-order valence-electron chi connectivity index (χ4n) is 1.50. The molecular weight excluding hydrogens is 164 g/mol. The van der Waals surface area contributed by atoms with Gasteiger partial charge < -0.3 is 9.72 Å². The summed E-state index contributed by atoms with van der Waals surface area (Å²) < 4.78 is 5.08. The van der Waals surface area contributed by atoms with Crippen molar-refractivity contribution < 1.29 is 4.74 Å². The second-order valence-corrected chi connectivity index (χ2v) is 3.06. The average molecular weight is 176 g/mol. The van der Waals surface area contributed by atoms with Gasteiger partial charge in [0.05, 0.1) is 6.61 Å². The Morgan fingerprint density at radius 2 is 2.38 bits per heavy atom. The number of H-pyrrole nitrogens is 1. The highest BCUT2D eigenvalue weighted by molar-refractivity contribution is 5.80. The summed E-state index contributed by atoms with van der Waals surface area (Å²) in [6.07, 6.45) is 1.79. The number of nitrogens with one attached hydrogen (secondary N) is 1. The van der Waals surface area contributed by atoms with Crippen LogP contribution in [0.2, 0.25) is 0 Å². The van der Waals surface area contributed by atoms with Crippen molar-refractivity contribution in [1.29, 1.82) is 0 Å². The molecule has 13 heavy (non-hydrogen) atoms. The van der Waals surface area contributed by atoms with Crippen LogP contribution in [0.5, 0.6) is 0 Å². The molecule has 2 heterocycles. The standard InChI is InChI=1S/C10H12N2O/c1-7-8-4-3-5-11-10(8)12-9(7)6-13-2/h3-5H,6H2,1-2H3,(H,11,12). The predicted molar refractivity (Wildman–Crippen MR) is 51.5 cm³/mol. The molecule has 0 amide bonds. The molecule has 0 aliphatic heterocycles. The first-order chi connectivity index (χ1) is 6.33. The molecule has 3 nitrogen and oxygen atoms in total. The maximum absolute atomic E-state index is 5.08. The summed E-state index contributed by atoms with van der Waals surface area (Å²) >= 11 is 0. The summed E-state index contributed by atoms with van der Waals surface area (Å²) in [6.45, 7) is 2.69. The highest BCUT2D eigenvalue weighted by atomic mass is 16.5. The molecule has 68 valence electrons. The Balaban J connectivity index is 2.60. The molecule has 0 radical (unpaired) electrons. The largest absolute Gasteiger partial charge is 0.378 e. The van der Waals surface area contributed by atoms with Crippen molar-refractivity contribution in [3.63, 3.8) is 0 Å². The molecule has 2 aromatic heterocycles. The fourth-order valence-corrected chi connectivity index (χ4v) is 1.50. The zero-order chi connectivity index (χ0) is 9.26. The minimum atomic E-state index is 0.613. The second-order valence-electron chi connectivity index (χ2n) is 3.06. The quantitative estimate of drug-likeness (QED) is 0.760. The van der Waals surface area contributed by atoms with Crippen LogP contribution in [-0.2, 0) is 11.3 Å². The lowest BCUT2D eigenvalue weighted by molar-refractivity contribution is 0.181. The minimum Gasteiger partial charge on any atom is -0.378 e. The van der Waals surface area contributed by atoms with Crippen LogP contribution in [0.25, 0.3) is 11.0 Å². The third-order valence-electron chi connectivity index (χ3n) is 2.22. The Kier molecular flexibility index (Phi) is 2.02. The van der Waals surface area contributed by atoms with Gasteiger partial charge in [-0.05, 0) is 24.6 Å². The fraction of sp³-hybridized carbons (Fsp3) is 0.300. The van der Waals surface area contributed by atoms with E-state index in [1.165, 1.54) is 10.9 Å². The van der Waals surface area contributed by atoms with Crippen LogP contribution in [0, 0.1) is 6.92 Å². The van der Waals surface area contributed by atoms with Crippen LogP contribution >= 0.6 is 0 Å². The first-order valence-corrected chi connectivity index (χ1v) is 4.24. The topological polar surface area (TPSA) is 37.9 Å². The van der Waals surface area contributed by atoms with Gasteiger partial charge in [-0.25, -0.2) is 4.98 Å². The molecule has 3 heteroatoms. The summed E-state index contributed by atoms with van der Waals surface area (Å²) in [5.41, 5.74) is 3.27. The molecule has 1 N–H and O–H groups in total. The Morgan fingerprint density at radius 3 is 3.08 bits per heavy atom. The van der Waals surface area contributed by atoms with E-state index < -0.39 is 0 Å². The summed E-state index contributed by atoms with van der Waals surface area (Å²) in [6, 6.07) is 4.01. The molecule has 2 rings (SSSR count). The van der Waals surface area contributed by atoms with Gasteiger partial charge in [0.25, 0.3) is 0 Å². The maximum Gasteiger partial charge on any atom is 0.137 e. The van der Waals surface area contributed by atoms with Crippen molar-refractivity contribution in [3.05, 3.63) is 29.6 Å². The maximum atomic E-state index is 5.08. The lowest BCUT2D eigenvalue weighted by atomic mass is 10.2. The third kappa shape index (κ3) is 1.31. The molecule has 0 bridgehead atoms. The molecule has 0 aliphatic carbocycles. The van der Waals surface area contributed by atoms with E-state index in [0.717, 1.165) is 11.3 Å². The van der Waals surface area contributed by atoms with E-state index in [0.29, 0.717) is 6.61 Å². The summed E-state index contributed by atoms with van der Waals surface area (Å²) in [4.78, 5) is 7.46. The Morgan fingerprint density at radius 1 is 1.54 bits per heavy atom. The molecule has 0 saturated heterocycles. The number of aryl methyl sites for hydroxylation is 1. The molecule has 0 aromatic carbocycles. The summed E-state index contributed by atoms with van der Waals surface area (Å²) in [7, 11) is 1.69. The number of aromatic amines is 1. The molecular formula is C10H12N2O. The van der Waals surface area contributed by atoms with Crippen molar-refractivity contribution in [2.75, 3.05) is 7.11 Å². The van der Waals surface area contributed by atoms with Gasteiger partial charge in [-0.15, -0.1) is 0 Å². The lowest BCUT2D eigenvalue weighted by Gasteiger charge is -1.95. The van der Waals surface area contributed by atoms with E-state index in [1.54, 1.807) is 13.3 Å². The van der Waals surface area contributed by atoms with Gasteiger partial charge in [0.2, 0.25) is 0 Å². The Labute approximate surface area is 76.8 Å². The Hall–Kier alpha value is -1.35. The molecule has 0 atom stereocenters. The van der Waals surface area contributed by atoms with Crippen LogP contribution in [0.3, 0.4) is 0 Å². The minimum absolute atomic E-state index is 0.613. The number of rotatable bonds is 2. The number of ether oxygens (including phenoxy) is 1.